The van der Waals surface area contributed by atoms with Crippen LogP contribution < -0.4 is 5.84 Å². The van der Waals surface area contributed by atoms with Gasteiger partial charge in [-0.05, 0) is 35.7 Å². The fourth-order valence-electron chi connectivity index (χ4n) is 2.20. The number of nitrogens with zero attached hydrogens (tertiary/aromatic N) is 4. The van der Waals surface area contributed by atoms with Crippen LogP contribution in [0.1, 0.15) is 5.69 Å². The van der Waals surface area contributed by atoms with Crippen molar-refractivity contribution in [3.63, 3.8) is 0 Å². The van der Waals surface area contributed by atoms with Gasteiger partial charge in [0.25, 0.3) is 0 Å². The standard InChI is InChI=1S/C16H12FN5OS2/c17-11-5-3-10(4-6-11)14-20-21-16(22(14)18)25-9-12-8-23-15(19-12)13-2-1-7-24-13/h1-8H,9,18H2. The number of nitrogen functional groups attached to an aromatic ring is 1. The molecule has 9 heteroatoms. The maximum Gasteiger partial charge on any atom is 0.236 e. The summed E-state index contributed by atoms with van der Waals surface area (Å²) in [6.07, 6.45) is 1.63. The van der Waals surface area contributed by atoms with Gasteiger partial charge in [-0.2, -0.15) is 0 Å². The number of hydrogen-bond donors (Lipinski definition) is 1. The second-order valence-electron chi connectivity index (χ2n) is 5.09. The molecular weight excluding hydrogens is 361 g/mol. The fraction of sp³-hybridized carbons (Fsp3) is 0.0625. The molecule has 0 aliphatic heterocycles. The van der Waals surface area contributed by atoms with Gasteiger partial charge in [-0.3, -0.25) is 0 Å². The number of aromatic nitrogens is 4. The summed E-state index contributed by atoms with van der Waals surface area (Å²) in [7, 11) is 0. The molecule has 0 amide bonds. The molecule has 0 fully saturated rings. The lowest BCUT2D eigenvalue weighted by atomic mass is 10.2. The average molecular weight is 373 g/mol. The third-order valence-corrected chi connectivity index (χ3v) is 5.23. The van der Waals surface area contributed by atoms with Crippen LogP contribution in [0.4, 0.5) is 4.39 Å². The van der Waals surface area contributed by atoms with Crippen molar-refractivity contribution in [3.8, 4) is 22.2 Å². The first kappa shape index (κ1) is 15.9. The van der Waals surface area contributed by atoms with Crippen molar-refractivity contribution in [2.24, 2.45) is 0 Å². The van der Waals surface area contributed by atoms with Gasteiger partial charge in [-0.1, -0.05) is 17.8 Å². The highest BCUT2D eigenvalue weighted by molar-refractivity contribution is 7.98. The summed E-state index contributed by atoms with van der Waals surface area (Å²) < 4.78 is 19.9. The number of thioether (sulfide) groups is 1. The summed E-state index contributed by atoms with van der Waals surface area (Å²) in [6, 6.07) is 9.85. The SMILES string of the molecule is Nn1c(SCc2coc(-c3cccs3)n2)nnc1-c1ccc(F)cc1. The third-order valence-electron chi connectivity index (χ3n) is 3.40. The highest BCUT2D eigenvalue weighted by atomic mass is 32.2. The van der Waals surface area contributed by atoms with Crippen LogP contribution in [-0.4, -0.2) is 19.9 Å². The van der Waals surface area contributed by atoms with Gasteiger partial charge in [0.2, 0.25) is 11.0 Å². The van der Waals surface area contributed by atoms with E-state index in [0.29, 0.717) is 28.2 Å². The minimum atomic E-state index is -0.311. The lowest BCUT2D eigenvalue weighted by molar-refractivity contribution is 0.575. The van der Waals surface area contributed by atoms with E-state index in [9.17, 15) is 4.39 Å². The van der Waals surface area contributed by atoms with Gasteiger partial charge in [0.05, 0.1) is 10.6 Å². The van der Waals surface area contributed by atoms with Crippen LogP contribution in [0.3, 0.4) is 0 Å². The number of rotatable bonds is 5. The van der Waals surface area contributed by atoms with E-state index in [2.05, 4.69) is 15.2 Å². The molecule has 0 spiro atoms. The second kappa shape index (κ2) is 6.69. The quantitative estimate of drug-likeness (QED) is 0.423. The first-order valence-electron chi connectivity index (χ1n) is 7.28. The van der Waals surface area contributed by atoms with Crippen LogP contribution >= 0.6 is 23.1 Å². The molecule has 1 aromatic carbocycles. The average Bonchev–Trinajstić information content (AvgIpc) is 3.35. The highest BCUT2D eigenvalue weighted by Crippen LogP contribution is 2.27. The lowest BCUT2D eigenvalue weighted by Gasteiger charge is -2.02. The van der Waals surface area contributed by atoms with E-state index < -0.39 is 0 Å². The molecule has 0 aliphatic carbocycles. The molecule has 3 heterocycles. The van der Waals surface area contributed by atoms with Gasteiger partial charge in [-0.15, -0.1) is 21.5 Å². The van der Waals surface area contributed by atoms with E-state index >= 15 is 0 Å². The van der Waals surface area contributed by atoms with Crippen molar-refractivity contribution in [1.82, 2.24) is 19.9 Å². The molecule has 0 atom stereocenters. The van der Waals surface area contributed by atoms with Gasteiger partial charge in [0, 0.05) is 11.3 Å². The maximum absolute atomic E-state index is 13.0. The number of thiophene rings is 1. The van der Waals surface area contributed by atoms with E-state index in [0.717, 1.165) is 10.6 Å². The Bertz CT molecular complexity index is 979. The van der Waals surface area contributed by atoms with Gasteiger partial charge in [-0.25, -0.2) is 14.1 Å². The van der Waals surface area contributed by atoms with E-state index in [1.165, 1.54) is 28.6 Å². The first-order chi connectivity index (χ1) is 12.2. The Labute approximate surface area is 150 Å². The molecule has 0 saturated heterocycles. The van der Waals surface area contributed by atoms with Crippen LogP contribution in [0.2, 0.25) is 0 Å². The van der Waals surface area contributed by atoms with E-state index in [1.54, 1.807) is 29.7 Å². The van der Waals surface area contributed by atoms with E-state index in [1.807, 2.05) is 17.5 Å². The predicted molar refractivity (Wildman–Crippen MR) is 94.9 cm³/mol. The van der Waals surface area contributed by atoms with Crippen molar-refractivity contribution < 1.29 is 8.81 Å². The molecule has 0 radical (unpaired) electrons. The molecule has 126 valence electrons. The summed E-state index contributed by atoms with van der Waals surface area (Å²) in [5.74, 6) is 7.37. The van der Waals surface area contributed by atoms with Crippen LogP contribution in [0.25, 0.3) is 22.2 Å². The summed E-state index contributed by atoms with van der Waals surface area (Å²) in [4.78, 5) is 5.44. The molecule has 25 heavy (non-hydrogen) atoms. The second-order valence-corrected chi connectivity index (χ2v) is 6.98. The molecular formula is C16H12FN5OS2. The largest absolute Gasteiger partial charge is 0.444 e. The van der Waals surface area contributed by atoms with Gasteiger partial charge < -0.3 is 10.3 Å². The van der Waals surface area contributed by atoms with Crippen LogP contribution in [-0.2, 0) is 5.75 Å². The van der Waals surface area contributed by atoms with Crippen molar-refractivity contribution >= 4 is 23.1 Å². The van der Waals surface area contributed by atoms with Crippen LogP contribution in [0, 0.1) is 5.82 Å². The topological polar surface area (TPSA) is 82.8 Å². The molecule has 0 bridgehead atoms. The Balaban J connectivity index is 1.48. The van der Waals surface area contributed by atoms with Gasteiger partial charge >= 0.3 is 0 Å². The van der Waals surface area contributed by atoms with Gasteiger partial charge in [0.15, 0.2) is 5.82 Å². The first-order valence-corrected chi connectivity index (χ1v) is 9.15. The normalized spacial score (nSPS) is 11.1. The minimum absolute atomic E-state index is 0.311. The Morgan fingerprint density at radius 3 is 2.80 bits per heavy atom. The Morgan fingerprint density at radius 1 is 1.20 bits per heavy atom. The zero-order valence-electron chi connectivity index (χ0n) is 12.8. The molecule has 6 nitrogen and oxygen atoms in total. The molecule has 3 aromatic heterocycles. The van der Waals surface area contributed by atoms with Crippen molar-refractivity contribution in [2.75, 3.05) is 5.84 Å². The predicted octanol–water partition coefficient (Wildman–Crippen LogP) is 3.81. The third kappa shape index (κ3) is 3.28. The zero-order chi connectivity index (χ0) is 17.2. The number of nitrogens with two attached hydrogens (primary N) is 1. The number of hydrogen-bond acceptors (Lipinski definition) is 7. The number of halogens is 1. The fourth-order valence-corrected chi connectivity index (χ4v) is 3.59. The summed E-state index contributed by atoms with van der Waals surface area (Å²) in [6.45, 7) is 0. The molecule has 4 rings (SSSR count). The molecule has 4 aromatic rings. The molecule has 2 N–H and O–H groups in total. The van der Waals surface area contributed by atoms with Crippen molar-refractivity contribution in [1.29, 1.82) is 0 Å². The zero-order valence-corrected chi connectivity index (χ0v) is 14.4. The smallest absolute Gasteiger partial charge is 0.236 e. The maximum atomic E-state index is 13.0. The van der Waals surface area contributed by atoms with Crippen molar-refractivity contribution in [3.05, 3.63) is 59.6 Å². The Morgan fingerprint density at radius 2 is 2.04 bits per heavy atom. The van der Waals surface area contributed by atoms with Crippen LogP contribution in [0.5, 0.6) is 0 Å². The van der Waals surface area contributed by atoms with E-state index in [-0.39, 0.29) is 5.82 Å². The Hall–Kier alpha value is -2.65. The van der Waals surface area contributed by atoms with Gasteiger partial charge in [0.1, 0.15) is 12.1 Å². The van der Waals surface area contributed by atoms with E-state index in [4.69, 9.17) is 10.3 Å². The molecule has 0 aliphatic rings. The molecule has 0 saturated carbocycles. The number of oxazole rings is 1. The monoisotopic (exact) mass is 373 g/mol. The number of benzene rings is 1. The summed E-state index contributed by atoms with van der Waals surface area (Å²) >= 11 is 2.97. The summed E-state index contributed by atoms with van der Waals surface area (Å²) in [5.41, 5.74) is 1.49. The minimum Gasteiger partial charge on any atom is -0.444 e. The van der Waals surface area contributed by atoms with Crippen LogP contribution in [0.15, 0.2) is 57.6 Å². The summed E-state index contributed by atoms with van der Waals surface area (Å²) in [5, 5.41) is 10.7. The van der Waals surface area contributed by atoms with Crippen molar-refractivity contribution in [2.45, 2.75) is 10.9 Å². The molecule has 0 unspecified atom stereocenters. The highest BCUT2D eigenvalue weighted by Gasteiger charge is 2.14. The Kier molecular flexibility index (Phi) is 4.24. The lowest BCUT2D eigenvalue weighted by Crippen LogP contribution is -2.11.